The number of aromatic nitrogens is 3. The molecule has 2 atom stereocenters. The van der Waals surface area contributed by atoms with Crippen molar-refractivity contribution in [3.05, 3.63) is 52.5 Å². The summed E-state index contributed by atoms with van der Waals surface area (Å²) in [5.41, 5.74) is 0.899. The Morgan fingerprint density at radius 2 is 2.08 bits per heavy atom. The highest BCUT2D eigenvalue weighted by Gasteiger charge is 2.32. The predicted octanol–water partition coefficient (Wildman–Crippen LogP) is 4.70. The number of amides is 1. The number of benzene rings is 1. The number of hydrogen-bond donors (Lipinski definition) is 2. The molecular weight excluding hydrogens is 512 g/mol. The average Bonchev–Trinajstić information content (AvgIpc) is 3.59. The van der Waals surface area contributed by atoms with Crippen molar-refractivity contribution in [3.63, 3.8) is 0 Å². The van der Waals surface area contributed by atoms with Crippen molar-refractivity contribution in [1.29, 1.82) is 0 Å². The molecule has 1 saturated heterocycles. The quantitative estimate of drug-likeness (QED) is 0.333. The van der Waals surface area contributed by atoms with E-state index in [1.165, 1.54) is 17.4 Å². The molecule has 13 heteroatoms. The monoisotopic (exact) mass is 536 g/mol. The maximum atomic E-state index is 14.7. The van der Waals surface area contributed by atoms with Crippen LogP contribution in [-0.2, 0) is 13.1 Å². The van der Waals surface area contributed by atoms with Gasteiger partial charge in [0.25, 0.3) is 11.8 Å². The van der Waals surface area contributed by atoms with Crippen LogP contribution in [0.25, 0.3) is 22.5 Å². The molecule has 37 heavy (non-hydrogen) atoms. The maximum Gasteiger partial charge on any atom is 0.406 e. The van der Waals surface area contributed by atoms with Crippen LogP contribution >= 0.6 is 11.3 Å². The SMILES string of the molecule is CN1CC[C@H](Nc2cccc3c2cc(-c2nnc(CNC(=O)c4cccs4)o2)n3CC(F)(F)F)[C@H](F)C1. The molecule has 1 aliphatic heterocycles. The van der Waals surface area contributed by atoms with Gasteiger partial charge in [-0.15, -0.1) is 21.5 Å². The van der Waals surface area contributed by atoms with Gasteiger partial charge in [0.1, 0.15) is 18.4 Å². The summed E-state index contributed by atoms with van der Waals surface area (Å²) in [7, 11) is 1.85. The van der Waals surface area contributed by atoms with E-state index in [1.807, 2.05) is 11.9 Å². The van der Waals surface area contributed by atoms with E-state index in [1.54, 1.807) is 35.7 Å². The molecule has 4 aromatic rings. The third-order valence-electron chi connectivity index (χ3n) is 6.20. The molecule has 5 rings (SSSR count). The fourth-order valence-corrected chi connectivity index (χ4v) is 5.08. The third kappa shape index (κ3) is 5.62. The number of hydrogen-bond acceptors (Lipinski definition) is 7. The second-order valence-electron chi connectivity index (χ2n) is 8.95. The van der Waals surface area contributed by atoms with Crippen LogP contribution in [0.5, 0.6) is 0 Å². The van der Waals surface area contributed by atoms with Gasteiger partial charge in [-0.25, -0.2) is 4.39 Å². The number of likely N-dealkylation sites (tertiary alicyclic amines) is 1. The number of rotatable bonds is 7. The number of halogens is 4. The second-order valence-corrected chi connectivity index (χ2v) is 9.90. The minimum Gasteiger partial charge on any atom is -0.417 e. The second kappa shape index (κ2) is 10.1. The number of anilines is 1. The minimum atomic E-state index is -4.51. The lowest BCUT2D eigenvalue weighted by molar-refractivity contribution is -0.139. The first kappa shape index (κ1) is 25.2. The van der Waals surface area contributed by atoms with E-state index in [0.29, 0.717) is 34.4 Å². The molecule has 4 heterocycles. The number of piperidine rings is 1. The van der Waals surface area contributed by atoms with Crippen molar-refractivity contribution in [3.8, 4) is 11.6 Å². The van der Waals surface area contributed by atoms with Crippen LogP contribution in [0.1, 0.15) is 22.0 Å². The van der Waals surface area contributed by atoms with Gasteiger partial charge in [0, 0.05) is 24.2 Å². The molecule has 0 bridgehead atoms. The molecule has 0 saturated carbocycles. The zero-order chi connectivity index (χ0) is 26.2. The van der Waals surface area contributed by atoms with Gasteiger partial charge in [0.15, 0.2) is 0 Å². The lowest BCUT2D eigenvalue weighted by Gasteiger charge is -2.33. The highest BCUT2D eigenvalue weighted by atomic mass is 32.1. The Bertz CT molecular complexity index is 1380. The van der Waals surface area contributed by atoms with E-state index < -0.39 is 24.9 Å². The first-order valence-corrected chi connectivity index (χ1v) is 12.5. The van der Waals surface area contributed by atoms with Gasteiger partial charge in [0.2, 0.25) is 5.89 Å². The van der Waals surface area contributed by atoms with Gasteiger partial charge in [-0.1, -0.05) is 12.1 Å². The predicted molar refractivity (Wildman–Crippen MR) is 131 cm³/mol. The molecule has 8 nitrogen and oxygen atoms in total. The van der Waals surface area contributed by atoms with Crippen molar-refractivity contribution in [1.82, 2.24) is 25.0 Å². The summed E-state index contributed by atoms with van der Waals surface area (Å²) in [4.78, 5) is 14.6. The number of alkyl halides is 4. The standard InChI is InChI=1S/C24H24F4N6O2S/c1-33-8-7-17(15(25)12-33)30-16-4-2-5-18-14(16)10-19(34(18)13-24(26,27)28)23-32-31-21(36-23)11-29-22(35)20-6-3-9-37-20/h2-6,9-10,15,17,30H,7-8,11-13H2,1H3,(H,29,35)/t15-,17+/m1/s1. The Morgan fingerprint density at radius 1 is 1.24 bits per heavy atom. The number of thiophene rings is 1. The van der Waals surface area contributed by atoms with Crippen molar-refractivity contribution in [2.75, 3.05) is 25.5 Å². The smallest absolute Gasteiger partial charge is 0.406 e. The number of fused-ring (bicyclic) bond motifs is 1. The molecule has 1 amide bonds. The summed E-state index contributed by atoms with van der Waals surface area (Å²) in [5, 5.41) is 15.9. The highest BCUT2D eigenvalue weighted by Crippen LogP contribution is 2.35. The van der Waals surface area contributed by atoms with Gasteiger partial charge in [-0.2, -0.15) is 13.2 Å². The molecule has 0 aliphatic carbocycles. The summed E-state index contributed by atoms with van der Waals surface area (Å²) < 4.78 is 62.0. The number of nitrogens with one attached hydrogen (secondary N) is 2. The Morgan fingerprint density at radius 3 is 2.81 bits per heavy atom. The third-order valence-corrected chi connectivity index (χ3v) is 7.07. The van der Waals surface area contributed by atoms with Crippen LogP contribution in [0.2, 0.25) is 0 Å². The van der Waals surface area contributed by atoms with E-state index in [0.717, 1.165) is 4.57 Å². The number of nitrogens with zero attached hydrogens (tertiary/aromatic N) is 4. The minimum absolute atomic E-state index is 0.0497. The molecule has 196 valence electrons. The van der Waals surface area contributed by atoms with E-state index >= 15 is 0 Å². The van der Waals surface area contributed by atoms with Crippen LogP contribution < -0.4 is 10.6 Å². The normalized spacial score (nSPS) is 18.8. The van der Waals surface area contributed by atoms with Gasteiger partial charge < -0.3 is 24.5 Å². The lowest BCUT2D eigenvalue weighted by atomic mass is 10.0. The molecule has 0 unspecified atom stereocenters. The summed E-state index contributed by atoms with van der Waals surface area (Å²) in [5.74, 6) is -0.389. The zero-order valence-corrected chi connectivity index (χ0v) is 20.6. The van der Waals surface area contributed by atoms with E-state index in [2.05, 4.69) is 20.8 Å². The summed E-state index contributed by atoms with van der Waals surface area (Å²) in [6.45, 7) is -0.365. The number of carbonyl (C=O) groups is 1. The van der Waals surface area contributed by atoms with E-state index in [9.17, 15) is 22.4 Å². The van der Waals surface area contributed by atoms with E-state index in [4.69, 9.17) is 4.42 Å². The Balaban J connectivity index is 1.45. The summed E-state index contributed by atoms with van der Waals surface area (Å²) >= 11 is 1.27. The van der Waals surface area contributed by atoms with Crippen molar-refractivity contribution in [2.24, 2.45) is 0 Å². The fourth-order valence-electron chi connectivity index (χ4n) is 4.44. The number of carbonyl (C=O) groups excluding carboxylic acids is 1. The van der Waals surface area contributed by atoms with Crippen LogP contribution in [0.4, 0.5) is 23.2 Å². The lowest BCUT2D eigenvalue weighted by Crippen LogP contribution is -2.46. The van der Waals surface area contributed by atoms with Gasteiger partial charge in [-0.3, -0.25) is 4.79 Å². The molecule has 0 spiro atoms. The van der Waals surface area contributed by atoms with Crippen LogP contribution in [-0.4, -0.2) is 64.1 Å². The van der Waals surface area contributed by atoms with Crippen LogP contribution in [0, 0.1) is 0 Å². The van der Waals surface area contributed by atoms with E-state index in [-0.39, 0.29) is 36.5 Å². The maximum absolute atomic E-state index is 14.7. The fraction of sp³-hybridized carbons (Fsp3) is 0.375. The largest absolute Gasteiger partial charge is 0.417 e. The molecular formula is C24H24F4N6O2S. The molecule has 1 aliphatic rings. The van der Waals surface area contributed by atoms with Crippen molar-refractivity contribution >= 4 is 33.8 Å². The molecule has 3 aromatic heterocycles. The highest BCUT2D eigenvalue weighted by molar-refractivity contribution is 7.12. The Labute approximate surface area is 213 Å². The zero-order valence-electron chi connectivity index (χ0n) is 19.8. The molecule has 1 fully saturated rings. The Hall–Kier alpha value is -3.45. The molecule has 2 N–H and O–H groups in total. The van der Waals surface area contributed by atoms with Crippen LogP contribution in [0.15, 0.2) is 46.2 Å². The van der Waals surface area contributed by atoms with Gasteiger partial charge >= 0.3 is 6.18 Å². The topological polar surface area (TPSA) is 88.2 Å². The van der Waals surface area contributed by atoms with Crippen molar-refractivity contribution < 1.29 is 26.8 Å². The molecule has 1 aromatic carbocycles. The average molecular weight is 537 g/mol. The first-order chi connectivity index (χ1) is 17.7. The molecule has 0 radical (unpaired) electrons. The summed E-state index contributed by atoms with van der Waals surface area (Å²) in [6.07, 6.45) is -5.07. The van der Waals surface area contributed by atoms with Crippen molar-refractivity contribution in [2.45, 2.75) is 37.9 Å². The first-order valence-electron chi connectivity index (χ1n) is 11.6. The summed E-state index contributed by atoms with van der Waals surface area (Å²) in [6, 6.07) is 9.39. The van der Waals surface area contributed by atoms with Gasteiger partial charge in [0.05, 0.1) is 23.0 Å². The van der Waals surface area contributed by atoms with Crippen LogP contribution in [0.3, 0.4) is 0 Å². The van der Waals surface area contributed by atoms with Gasteiger partial charge in [-0.05, 0) is 43.1 Å². The Kier molecular flexibility index (Phi) is 6.90.